The second-order valence-corrected chi connectivity index (χ2v) is 9.63. The molecule has 6 heteroatoms. The molecule has 1 N–H and O–H groups in total. The van der Waals surface area contributed by atoms with Crippen molar-refractivity contribution in [2.45, 2.75) is 51.7 Å². The van der Waals surface area contributed by atoms with Gasteiger partial charge in [-0.2, -0.15) is 0 Å². The molecule has 3 aromatic rings. The highest BCUT2D eigenvalue weighted by molar-refractivity contribution is 5.82. The molecule has 1 unspecified atom stereocenters. The minimum atomic E-state index is -0.890. The van der Waals surface area contributed by atoms with E-state index in [2.05, 4.69) is 34.6 Å². The van der Waals surface area contributed by atoms with Gasteiger partial charge in [-0.1, -0.05) is 54.6 Å². The normalized spacial score (nSPS) is 13.5. The number of rotatable bonds is 6. The summed E-state index contributed by atoms with van der Waals surface area (Å²) in [5.74, 6) is -0.568. The van der Waals surface area contributed by atoms with Gasteiger partial charge in [0.05, 0.1) is 0 Å². The molecule has 0 fully saturated rings. The fourth-order valence-corrected chi connectivity index (χ4v) is 4.31. The monoisotopic (exact) mass is 458 g/mol. The van der Waals surface area contributed by atoms with Crippen molar-refractivity contribution < 1.29 is 19.1 Å². The van der Waals surface area contributed by atoms with Crippen LogP contribution in [0, 0.1) is 6.92 Å². The summed E-state index contributed by atoms with van der Waals surface area (Å²) in [6.45, 7) is 7.49. The summed E-state index contributed by atoms with van der Waals surface area (Å²) < 4.78 is 11.2. The second kappa shape index (κ2) is 9.67. The zero-order chi connectivity index (χ0) is 24.3. The molecule has 0 spiro atoms. The second-order valence-electron chi connectivity index (χ2n) is 9.63. The number of benzene rings is 2. The van der Waals surface area contributed by atoms with Crippen LogP contribution >= 0.6 is 0 Å². The predicted molar refractivity (Wildman–Crippen MR) is 131 cm³/mol. The van der Waals surface area contributed by atoms with Crippen LogP contribution in [0.4, 0.5) is 4.79 Å². The van der Waals surface area contributed by atoms with Gasteiger partial charge in [-0.25, -0.2) is 9.59 Å². The van der Waals surface area contributed by atoms with Gasteiger partial charge < -0.3 is 14.8 Å². The molecule has 0 aliphatic heterocycles. The molecule has 6 nitrogen and oxygen atoms in total. The Hall–Kier alpha value is -3.67. The number of carbonyl (C=O) groups is 2. The summed E-state index contributed by atoms with van der Waals surface area (Å²) in [6, 6.07) is 17.4. The number of pyridine rings is 1. The Morgan fingerprint density at radius 1 is 1.00 bits per heavy atom. The summed E-state index contributed by atoms with van der Waals surface area (Å²) >= 11 is 0. The van der Waals surface area contributed by atoms with Crippen molar-refractivity contribution >= 4 is 12.1 Å². The van der Waals surface area contributed by atoms with Crippen molar-refractivity contribution in [1.29, 1.82) is 0 Å². The molecule has 1 aromatic heterocycles. The van der Waals surface area contributed by atoms with Crippen LogP contribution in [-0.4, -0.2) is 35.3 Å². The molecular weight excluding hydrogens is 428 g/mol. The van der Waals surface area contributed by atoms with Gasteiger partial charge in [-0.05, 0) is 61.1 Å². The first-order chi connectivity index (χ1) is 16.2. The molecule has 1 aliphatic rings. The van der Waals surface area contributed by atoms with Crippen LogP contribution in [0.2, 0.25) is 0 Å². The van der Waals surface area contributed by atoms with E-state index in [0.717, 1.165) is 33.4 Å². The van der Waals surface area contributed by atoms with E-state index in [-0.39, 0.29) is 18.9 Å². The standard InChI is InChI=1S/C28H30N2O4/c1-18-13-19(16-29-15-18)14-25(26(31)34-28(2,3)4)30-27(32)33-17-24-22-11-7-5-9-20(22)21-10-6-8-12-23(21)24/h5-13,15-16,24-25H,14,17H2,1-4H3,(H,30,32). The molecule has 34 heavy (non-hydrogen) atoms. The fourth-order valence-electron chi connectivity index (χ4n) is 4.31. The third-order valence-electron chi connectivity index (χ3n) is 5.70. The van der Waals surface area contributed by atoms with Gasteiger partial charge in [0.2, 0.25) is 0 Å². The van der Waals surface area contributed by atoms with Crippen LogP contribution in [0.5, 0.6) is 0 Å². The number of hydrogen-bond acceptors (Lipinski definition) is 5. The molecule has 2 aromatic carbocycles. The van der Waals surface area contributed by atoms with Crippen LogP contribution in [0.25, 0.3) is 11.1 Å². The molecular formula is C28H30N2O4. The predicted octanol–water partition coefficient (Wildman–Crippen LogP) is 5.18. The molecule has 0 radical (unpaired) electrons. The van der Waals surface area contributed by atoms with E-state index in [1.54, 1.807) is 33.2 Å². The summed E-state index contributed by atoms with van der Waals surface area (Å²) in [4.78, 5) is 29.8. The number of ether oxygens (including phenoxy) is 2. The zero-order valence-electron chi connectivity index (χ0n) is 20.0. The number of alkyl carbamates (subject to hydrolysis) is 1. The number of fused-ring (bicyclic) bond motifs is 3. The lowest BCUT2D eigenvalue weighted by atomic mass is 9.98. The highest BCUT2D eigenvalue weighted by atomic mass is 16.6. The number of nitrogens with zero attached hydrogens (tertiary/aromatic N) is 1. The van der Waals surface area contributed by atoms with Gasteiger partial charge in [-0.15, -0.1) is 0 Å². The Morgan fingerprint density at radius 3 is 2.21 bits per heavy atom. The maximum atomic E-state index is 12.9. The van der Waals surface area contributed by atoms with E-state index in [9.17, 15) is 9.59 Å². The Labute approximate surface area is 200 Å². The smallest absolute Gasteiger partial charge is 0.407 e. The van der Waals surface area contributed by atoms with Crippen LogP contribution in [0.15, 0.2) is 67.0 Å². The van der Waals surface area contributed by atoms with E-state index in [0.29, 0.717) is 0 Å². The average molecular weight is 459 g/mol. The Morgan fingerprint density at radius 2 is 1.62 bits per heavy atom. The van der Waals surface area contributed by atoms with Crippen molar-refractivity contribution in [2.75, 3.05) is 6.61 Å². The van der Waals surface area contributed by atoms with E-state index in [4.69, 9.17) is 9.47 Å². The molecule has 0 bridgehead atoms. The minimum Gasteiger partial charge on any atom is -0.458 e. The van der Waals surface area contributed by atoms with Crippen molar-refractivity contribution in [2.24, 2.45) is 0 Å². The molecule has 0 saturated carbocycles. The largest absolute Gasteiger partial charge is 0.458 e. The van der Waals surface area contributed by atoms with Crippen LogP contribution in [-0.2, 0) is 20.7 Å². The van der Waals surface area contributed by atoms with Crippen LogP contribution < -0.4 is 5.32 Å². The number of aryl methyl sites for hydroxylation is 1. The van der Waals surface area contributed by atoms with E-state index < -0.39 is 23.7 Å². The highest BCUT2D eigenvalue weighted by Crippen LogP contribution is 2.44. The number of esters is 1. The Bertz CT molecular complexity index is 1150. The zero-order valence-corrected chi connectivity index (χ0v) is 20.0. The molecule has 0 saturated heterocycles. The minimum absolute atomic E-state index is 0.0564. The van der Waals surface area contributed by atoms with Crippen molar-refractivity contribution in [3.8, 4) is 11.1 Å². The van der Waals surface area contributed by atoms with Gasteiger partial charge in [0, 0.05) is 24.7 Å². The Kier molecular flexibility index (Phi) is 6.68. The maximum absolute atomic E-state index is 12.9. The molecule has 1 amide bonds. The molecule has 1 atom stereocenters. The topological polar surface area (TPSA) is 77.5 Å². The molecule has 4 rings (SSSR count). The summed E-state index contributed by atoms with van der Waals surface area (Å²) in [6.07, 6.45) is 3.03. The van der Waals surface area contributed by atoms with Crippen LogP contribution in [0.3, 0.4) is 0 Å². The number of carbonyl (C=O) groups excluding carboxylic acids is 2. The van der Waals surface area contributed by atoms with Crippen molar-refractivity contribution in [3.05, 3.63) is 89.2 Å². The highest BCUT2D eigenvalue weighted by Gasteiger charge is 2.31. The van der Waals surface area contributed by atoms with E-state index in [1.165, 1.54) is 0 Å². The fraction of sp³-hybridized carbons (Fsp3) is 0.321. The summed E-state index contributed by atoms with van der Waals surface area (Å²) in [5.41, 5.74) is 5.70. The molecule has 176 valence electrons. The van der Waals surface area contributed by atoms with Gasteiger partial charge in [-0.3, -0.25) is 4.98 Å². The quantitative estimate of drug-likeness (QED) is 0.515. The first kappa shape index (κ1) is 23.5. The maximum Gasteiger partial charge on any atom is 0.407 e. The number of aromatic nitrogens is 1. The van der Waals surface area contributed by atoms with Gasteiger partial charge in [0.15, 0.2) is 0 Å². The molecule has 1 aliphatic carbocycles. The number of hydrogen-bond donors (Lipinski definition) is 1. The van der Waals surface area contributed by atoms with Crippen LogP contribution in [0.1, 0.15) is 48.9 Å². The average Bonchev–Trinajstić information content (AvgIpc) is 3.10. The van der Waals surface area contributed by atoms with E-state index in [1.807, 2.05) is 37.3 Å². The van der Waals surface area contributed by atoms with Gasteiger partial charge in [0.25, 0.3) is 0 Å². The lowest BCUT2D eigenvalue weighted by molar-refractivity contribution is -0.157. The lowest BCUT2D eigenvalue weighted by Gasteiger charge is -2.25. The number of amides is 1. The number of nitrogens with one attached hydrogen (secondary N) is 1. The van der Waals surface area contributed by atoms with E-state index >= 15 is 0 Å². The third kappa shape index (κ3) is 5.45. The van der Waals surface area contributed by atoms with Gasteiger partial charge >= 0.3 is 12.1 Å². The Balaban J connectivity index is 1.47. The van der Waals surface area contributed by atoms with Crippen molar-refractivity contribution in [3.63, 3.8) is 0 Å². The summed E-state index contributed by atoms with van der Waals surface area (Å²) in [7, 11) is 0. The lowest BCUT2D eigenvalue weighted by Crippen LogP contribution is -2.46. The molecule has 1 heterocycles. The van der Waals surface area contributed by atoms with Gasteiger partial charge in [0.1, 0.15) is 18.2 Å². The SMILES string of the molecule is Cc1cncc(CC(NC(=O)OCC2c3ccccc3-c3ccccc32)C(=O)OC(C)(C)C)c1. The first-order valence-electron chi connectivity index (χ1n) is 11.5. The summed E-state index contributed by atoms with van der Waals surface area (Å²) in [5, 5.41) is 2.72. The first-order valence-corrected chi connectivity index (χ1v) is 11.5. The third-order valence-corrected chi connectivity index (χ3v) is 5.70. The van der Waals surface area contributed by atoms with Crippen molar-refractivity contribution in [1.82, 2.24) is 10.3 Å².